The molecule has 3 heteroatoms. The van der Waals surface area contributed by atoms with Crippen molar-refractivity contribution in [2.75, 3.05) is 7.11 Å². The van der Waals surface area contributed by atoms with Crippen LogP contribution in [0.25, 0.3) is 0 Å². The molecule has 0 radical (unpaired) electrons. The summed E-state index contributed by atoms with van der Waals surface area (Å²) in [5.41, 5.74) is 6.86. The Bertz CT molecular complexity index is 358. The Morgan fingerprint density at radius 1 is 1.47 bits per heavy atom. The zero-order valence-corrected chi connectivity index (χ0v) is 8.77. The zero-order chi connectivity index (χ0) is 11.1. The van der Waals surface area contributed by atoms with E-state index in [0.717, 1.165) is 18.4 Å². The maximum absolute atomic E-state index is 11.4. The molecule has 0 aliphatic rings. The van der Waals surface area contributed by atoms with Gasteiger partial charge in [-0.05, 0) is 30.7 Å². The van der Waals surface area contributed by atoms with Crippen LogP contribution in [-0.2, 0) is 11.2 Å². The van der Waals surface area contributed by atoms with E-state index in [1.165, 1.54) is 13.3 Å². The predicted molar refractivity (Wildman–Crippen MR) is 59.4 cm³/mol. The van der Waals surface area contributed by atoms with Gasteiger partial charge in [0, 0.05) is 0 Å². The van der Waals surface area contributed by atoms with Crippen LogP contribution < -0.4 is 5.73 Å². The Morgan fingerprint density at radius 2 is 2.20 bits per heavy atom. The van der Waals surface area contributed by atoms with Crippen LogP contribution in [0.1, 0.15) is 22.3 Å². The van der Waals surface area contributed by atoms with Gasteiger partial charge in [-0.25, -0.2) is 4.79 Å². The molecule has 0 saturated heterocycles. The molecule has 0 unspecified atom stereocenters. The van der Waals surface area contributed by atoms with Crippen LogP contribution in [0.2, 0.25) is 0 Å². The number of carbonyl (C=O) groups is 1. The van der Waals surface area contributed by atoms with Gasteiger partial charge in [0.15, 0.2) is 0 Å². The Hall–Kier alpha value is -1.77. The summed E-state index contributed by atoms with van der Waals surface area (Å²) in [6.07, 6.45) is 5.00. The van der Waals surface area contributed by atoms with Gasteiger partial charge in [-0.15, -0.1) is 0 Å². The third-order valence-electron chi connectivity index (χ3n) is 2.14. The van der Waals surface area contributed by atoms with Gasteiger partial charge in [-0.1, -0.05) is 24.3 Å². The van der Waals surface area contributed by atoms with Crippen molar-refractivity contribution in [3.05, 3.63) is 47.7 Å². The average molecular weight is 205 g/mol. The van der Waals surface area contributed by atoms with Crippen LogP contribution in [-0.4, -0.2) is 13.1 Å². The number of allylic oxidation sites excluding steroid dienone is 1. The van der Waals surface area contributed by atoms with Gasteiger partial charge in [0.25, 0.3) is 0 Å². The lowest BCUT2D eigenvalue weighted by molar-refractivity contribution is 0.0599. The Morgan fingerprint density at radius 3 is 2.87 bits per heavy atom. The molecule has 2 N–H and O–H groups in total. The quantitative estimate of drug-likeness (QED) is 0.763. The molecule has 15 heavy (non-hydrogen) atoms. The maximum atomic E-state index is 11.4. The first-order valence-electron chi connectivity index (χ1n) is 4.82. The highest BCUT2D eigenvalue weighted by molar-refractivity contribution is 5.90. The van der Waals surface area contributed by atoms with Gasteiger partial charge in [-0.3, -0.25) is 0 Å². The number of aryl methyl sites for hydroxylation is 1. The van der Waals surface area contributed by atoms with Gasteiger partial charge in [0.05, 0.1) is 12.7 Å². The first-order valence-corrected chi connectivity index (χ1v) is 4.82. The smallest absolute Gasteiger partial charge is 0.338 e. The van der Waals surface area contributed by atoms with Crippen molar-refractivity contribution in [2.45, 2.75) is 12.8 Å². The summed E-state index contributed by atoms with van der Waals surface area (Å²) in [5, 5.41) is 0. The average Bonchev–Trinajstić information content (AvgIpc) is 2.29. The highest BCUT2D eigenvalue weighted by Crippen LogP contribution is 2.12. The van der Waals surface area contributed by atoms with Gasteiger partial charge >= 0.3 is 5.97 Å². The Balaban J connectivity index is 2.81. The lowest BCUT2D eigenvalue weighted by atomic mass is 10.0. The van der Waals surface area contributed by atoms with Crippen molar-refractivity contribution in [3.8, 4) is 0 Å². The van der Waals surface area contributed by atoms with E-state index in [1.807, 2.05) is 24.3 Å². The standard InChI is InChI=1S/C12H15NO2/c1-15-12(14)11-8-3-2-6-10(11)7-4-5-9-13/h2-3,5-6,8-9H,4,7,13H2,1H3/b9-5+. The number of methoxy groups -OCH3 is 1. The van der Waals surface area contributed by atoms with Gasteiger partial charge in [-0.2, -0.15) is 0 Å². The summed E-state index contributed by atoms with van der Waals surface area (Å²) < 4.78 is 4.70. The van der Waals surface area contributed by atoms with E-state index in [1.54, 1.807) is 6.07 Å². The third kappa shape index (κ3) is 3.13. The van der Waals surface area contributed by atoms with Crippen molar-refractivity contribution in [3.63, 3.8) is 0 Å². The summed E-state index contributed by atoms with van der Waals surface area (Å²) in [4.78, 5) is 11.4. The number of hydrogen-bond donors (Lipinski definition) is 1. The van der Waals surface area contributed by atoms with Gasteiger partial charge < -0.3 is 10.5 Å². The molecule has 80 valence electrons. The van der Waals surface area contributed by atoms with E-state index in [4.69, 9.17) is 10.5 Å². The lowest BCUT2D eigenvalue weighted by Crippen LogP contribution is -2.05. The fourth-order valence-electron chi connectivity index (χ4n) is 1.38. The van der Waals surface area contributed by atoms with Crippen molar-refractivity contribution in [2.24, 2.45) is 5.73 Å². The van der Waals surface area contributed by atoms with Crippen molar-refractivity contribution < 1.29 is 9.53 Å². The van der Waals surface area contributed by atoms with Crippen LogP contribution in [0, 0.1) is 0 Å². The molecule has 0 aliphatic carbocycles. The predicted octanol–water partition coefficient (Wildman–Crippen LogP) is 1.88. The summed E-state index contributed by atoms with van der Waals surface area (Å²) in [6, 6.07) is 7.44. The van der Waals surface area contributed by atoms with Crippen LogP contribution in [0.15, 0.2) is 36.5 Å². The van der Waals surface area contributed by atoms with Gasteiger partial charge in [0.2, 0.25) is 0 Å². The fourth-order valence-corrected chi connectivity index (χ4v) is 1.38. The SMILES string of the molecule is COC(=O)c1ccccc1CC/C=C/N. The van der Waals surface area contributed by atoms with Crippen molar-refractivity contribution in [1.82, 2.24) is 0 Å². The van der Waals surface area contributed by atoms with Crippen LogP contribution in [0.5, 0.6) is 0 Å². The molecule has 0 fully saturated rings. The van der Waals surface area contributed by atoms with E-state index >= 15 is 0 Å². The molecule has 0 aromatic heterocycles. The number of nitrogens with two attached hydrogens (primary N) is 1. The molecule has 0 heterocycles. The monoisotopic (exact) mass is 205 g/mol. The van der Waals surface area contributed by atoms with Crippen molar-refractivity contribution in [1.29, 1.82) is 0 Å². The topological polar surface area (TPSA) is 52.3 Å². The number of hydrogen-bond acceptors (Lipinski definition) is 3. The minimum absolute atomic E-state index is 0.290. The van der Waals surface area contributed by atoms with E-state index in [9.17, 15) is 4.79 Å². The molecule has 0 bridgehead atoms. The molecule has 0 spiro atoms. The molecule has 0 atom stereocenters. The Kier molecular flexibility index (Phi) is 4.41. The highest BCUT2D eigenvalue weighted by Gasteiger charge is 2.09. The minimum atomic E-state index is -0.290. The first kappa shape index (κ1) is 11.3. The molecule has 1 aromatic carbocycles. The van der Waals surface area contributed by atoms with Crippen molar-refractivity contribution >= 4 is 5.97 Å². The molecular weight excluding hydrogens is 190 g/mol. The number of rotatable bonds is 4. The minimum Gasteiger partial charge on any atom is -0.465 e. The third-order valence-corrected chi connectivity index (χ3v) is 2.14. The number of benzene rings is 1. The molecule has 3 nitrogen and oxygen atoms in total. The van der Waals surface area contributed by atoms with Gasteiger partial charge in [0.1, 0.15) is 0 Å². The van der Waals surface area contributed by atoms with E-state index in [2.05, 4.69) is 0 Å². The number of ether oxygens (including phenoxy) is 1. The molecule has 1 rings (SSSR count). The summed E-state index contributed by atoms with van der Waals surface area (Å²) in [5.74, 6) is -0.290. The second kappa shape index (κ2) is 5.86. The Labute approximate surface area is 89.5 Å². The first-order chi connectivity index (χ1) is 7.29. The maximum Gasteiger partial charge on any atom is 0.338 e. The fraction of sp³-hybridized carbons (Fsp3) is 0.250. The van der Waals surface area contributed by atoms with Crippen LogP contribution in [0.3, 0.4) is 0 Å². The summed E-state index contributed by atoms with van der Waals surface area (Å²) in [7, 11) is 1.39. The van der Waals surface area contributed by atoms with E-state index < -0.39 is 0 Å². The second-order valence-electron chi connectivity index (χ2n) is 3.12. The van der Waals surface area contributed by atoms with Crippen LogP contribution in [0.4, 0.5) is 0 Å². The zero-order valence-electron chi connectivity index (χ0n) is 8.77. The molecule has 0 aliphatic heterocycles. The summed E-state index contributed by atoms with van der Waals surface area (Å²) in [6.45, 7) is 0. The normalized spacial score (nSPS) is 10.5. The van der Waals surface area contributed by atoms with Crippen LogP contribution >= 0.6 is 0 Å². The summed E-state index contributed by atoms with van der Waals surface area (Å²) >= 11 is 0. The lowest BCUT2D eigenvalue weighted by Gasteiger charge is -2.05. The molecule has 0 amide bonds. The molecule has 1 aromatic rings. The number of carbonyl (C=O) groups excluding carboxylic acids is 1. The molecular formula is C12H15NO2. The second-order valence-corrected chi connectivity index (χ2v) is 3.12. The molecule has 0 saturated carbocycles. The number of esters is 1. The van der Waals surface area contributed by atoms with E-state index in [0.29, 0.717) is 5.56 Å². The van der Waals surface area contributed by atoms with E-state index in [-0.39, 0.29) is 5.97 Å². The largest absolute Gasteiger partial charge is 0.465 e. The highest BCUT2D eigenvalue weighted by atomic mass is 16.5.